The summed E-state index contributed by atoms with van der Waals surface area (Å²) >= 11 is 0. The fraction of sp³-hybridized carbons (Fsp3) is 0.222. The number of rotatable bonds is 6. The van der Waals surface area contributed by atoms with Crippen LogP contribution in [0.4, 0.5) is 0 Å². The standard InChI is InChI=1S/C18H20N2O4/c1-4-15(13-7-10-16(23-2)17(11-13)24-3)19-20-18(22)12-5-8-14(21)9-6-12/h5-11,21H,4H2,1-3H3,(H,20,22)/b19-15-. The van der Waals surface area contributed by atoms with Gasteiger partial charge in [0.25, 0.3) is 5.91 Å². The summed E-state index contributed by atoms with van der Waals surface area (Å²) in [6.45, 7) is 1.95. The zero-order valence-electron chi connectivity index (χ0n) is 13.9. The number of amides is 1. The van der Waals surface area contributed by atoms with Gasteiger partial charge in [-0.1, -0.05) is 6.92 Å². The predicted octanol–water partition coefficient (Wildman–Crippen LogP) is 2.95. The topological polar surface area (TPSA) is 80.2 Å². The van der Waals surface area contributed by atoms with Gasteiger partial charge in [-0.15, -0.1) is 0 Å². The minimum atomic E-state index is -0.346. The molecule has 2 aromatic carbocycles. The van der Waals surface area contributed by atoms with Gasteiger partial charge in [-0.3, -0.25) is 4.79 Å². The summed E-state index contributed by atoms with van der Waals surface area (Å²) in [5.41, 5.74) is 4.49. The Kier molecular flexibility index (Phi) is 5.78. The molecule has 126 valence electrons. The molecule has 0 aliphatic carbocycles. The third-order valence-corrected chi connectivity index (χ3v) is 3.47. The number of phenols is 1. The fourth-order valence-corrected chi connectivity index (χ4v) is 2.16. The summed E-state index contributed by atoms with van der Waals surface area (Å²) in [6, 6.07) is 11.4. The van der Waals surface area contributed by atoms with Crippen molar-refractivity contribution in [3.63, 3.8) is 0 Å². The van der Waals surface area contributed by atoms with Crippen LogP contribution in [0.25, 0.3) is 0 Å². The molecule has 0 aromatic heterocycles. The molecule has 2 aromatic rings. The lowest BCUT2D eigenvalue weighted by molar-refractivity contribution is 0.0955. The van der Waals surface area contributed by atoms with Crippen LogP contribution in [0.15, 0.2) is 47.6 Å². The fourth-order valence-electron chi connectivity index (χ4n) is 2.16. The number of nitrogens with zero attached hydrogens (tertiary/aromatic N) is 1. The van der Waals surface area contributed by atoms with E-state index < -0.39 is 0 Å². The Labute approximate surface area is 140 Å². The maximum Gasteiger partial charge on any atom is 0.271 e. The summed E-state index contributed by atoms with van der Waals surface area (Å²) in [6.07, 6.45) is 0.630. The minimum Gasteiger partial charge on any atom is -0.508 e. The molecule has 0 unspecified atom stereocenters. The molecule has 0 radical (unpaired) electrons. The zero-order chi connectivity index (χ0) is 17.5. The average molecular weight is 328 g/mol. The van der Waals surface area contributed by atoms with Crippen LogP contribution in [-0.4, -0.2) is 30.9 Å². The number of methoxy groups -OCH3 is 2. The second kappa shape index (κ2) is 8.01. The van der Waals surface area contributed by atoms with E-state index in [1.165, 1.54) is 24.3 Å². The van der Waals surface area contributed by atoms with Crippen LogP contribution in [0.1, 0.15) is 29.3 Å². The smallest absolute Gasteiger partial charge is 0.271 e. The van der Waals surface area contributed by atoms with E-state index in [2.05, 4.69) is 10.5 Å². The lowest BCUT2D eigenvalue weighted by atomic mass is 10.1. The number of phenolic OH excluding ortho intramolecular Hbond substituents is 1. The molecule has 0 saturated carbocycles. The molecule has 0 saturated heterocycles. The SMILES string of the molecule is CC/C(=N/NC(=O)c1ccc(O)cc1)c1ccc(OC)c(OC)c1. The average Bonchev–Trinajstić information content (AvgIpc) is 2.62. The van der Waals surface area contributed by atoms with Crippen molar-refractivity contribution in [2.75, 3.05) is 14.2 Å². The number of hydrogen-bond donors (Lipinski definition) is 2. The molecule has 6 heteroatoms. The van der Waals surface area contributed by atoms with Crippen LogP contribution < -0.4 is 14.9 Å². The van der Waals surface area contributed by atoms with Crippen molar-refractivity contribution in [3.8, 4) is 17.2 Å². The predicted molar refractivity (Wildman–Crippen MR) is 91.9 cm³/mol. The lowest BCUT2D eigenvalue weighted by Crippen LogP contribution is -2.19. The number of ether oxygens (including phenoxy) is 2. The second-order valence-electron chi connectivity index (χ2n) is 4.97. The van der Waals surface area contributed by atoms with Crippen LogP contribution in [0.3, 0.4) is 0 Å². The Morgan fingerprint density at radius 2 is 1.67 bits per heavy atom. The molecule has 6 nitrogen and oxygen atoms in total. The van der Waals surface area contributed by atoms with Crippen molar-refractivity contribution in [2.24, 2.45) is 5.10 Å². The minimum absolute atomic E-state index is 0.106. The van der Waals surface area contributed by atoms with Crippen molar-refractivity contribution in [1.29, 1.82) is 0 Å². The normalized spacial score (nSPS) is 11.0. The quantitative estimate of drug-likeness (QED) is 0.631. The molecule has 24 heavy (non-hydrogen) atoms. The zero-order valence-corrected chi connectivity index (χ0v) is 13.9. The van der Waals surface area contributed by atoms with Gasteiger partial charge in [0.15, 0.2) is 11.5 Å². The van der Waals surface area contributed by atoms with Gasteiger partial charge in [0.05, 0.1) is 19.9 Å². The molecule has 0 aliphatic heterocycles. The Balaban J connectivity index is 2.19. The first-order chi connectivity index (χ1) is 11.6. The van der Waals surface area contributed by atoms with Gasteiger partial charge in [0.1, 0.15) is 5.75 Å². The Morgan fingerprint density at radius 1 is 1.04 bits per heavy atom. The van der Waals surface area contributed by atoms with Gasteiger partial charge < -0.3 is 14.6 Å². The van der Waals surface area contributed by atoms with E-state index in [4.69, 9.17) is 9.47 Å². The summed E-state index contributed by atoms with van der Waals surface area (Å²) in [4.78, 5) is 12.1. The molecule has 0 heterocycles. The van der Waals surface area contributed by atoms with Crippen LogP contribution in [-0.2, 0) is 0 Å². The van der Waals surface area contributed by atoms with E-state index in [9.17, 15) is 9.90 Å². The first kappa shape index (κ1) is 17.3. The maximum atomic E-state index is 12.1. The molecular weight excluding hydrogens is 308 g/mol. The second-order valence-corrected chi connectivity index (χ2v) is 4.97. The van der Waals surface area contributed by atoms with Gasteiger partial charge >= 0.3 is 0 Å². The van der Waals surface area contributed by atoms with Gasteiger partial charge in [0, 0.05) is 11.1 Å². The van der Waals surface area contributed by atoms with E-state index in [0.717, 1.165) is 5.56 Å². The molecule has 1 amide bonds. The third-order valence-electron chi connectivity index (χ3n) is 3.47. The molecule has 0 bridgehead atoms. The largest absolute Gasteiger partial charge is 0.508 e. The number of nitrogens with one attached hydrogen (secondary N) is 1. The summed E-state index contributed by atoms with van der Waals surface area (Å²) < 4.78 is 10.5. The van der Waals surface area contributed by atoms with E-state index in [1.807, 2.05) is 19.1 Å². The molecule has 0 atom stereocenters. The van der Waals surface area contributed by atoms with Gasteiger partial charge in [-0.05, 0) is 48.9 Å². The molecular formula is C18H20N2O4. The Morgan fingerprint density at radius 3 is 2.25 bits per heavy atom. The van der Waals surface area contributed by atoms with Crippen LogP contribution >= 0.6 is 0 Å². The first-order valence-electron chi connectivity index (χ1n) is 7.47. The molecule has 2 rings (SSSR count). The number of aromatic hydroxyl groups is 1. The van der Waals surface area contributed by atoms with Crippen molar-refractivity contribution < 1.29 is 19.4 Å². The number of carbonyl (C=O) groups excluding carboxylic acids is 1. The number of carbonyl (C=O) groups is 1. The van der Waals surface area contributed by atoms with Crippen LogP contribution in [0.2, 0.25) is 0 Å². The molecule has 2 N–H and O–H groups in total. The third kappa shape index (κ3) is 4.04. The van der Waals surface area contributed by atoms with E-state index in [1.54, 1.807) is 20.3 Å². The highest BCUT2D eigenvalue weighted by molar-refractivity contribution is 6.02. The van der Waals surface area contributed by atoms with Gasteiger partial charge in [-0.2, -0.15) is 5.10 Å². The van der Waals surface area contributed by atoms with Crippen molar-refractivity contribution in [1.82, 2.24) is 5.43 Å². The van der Waals surface area contributed by atoms with Crippen molar-refractivity contribution >= 4 is 11.6 Å². The monoisotopic (exact) mass is 328 g/mol. The Hall–Kier alpha value is -3.02. The van der Waals surface area contributed by atoms with E-state index in [-0.39, 0.29) is 11.7 Å². The maximum absolute atomic E-state index is 12.1. The summed E-state index contributed by atoms with van der Waals surface area (Å²) in [7, 11) is 3.14. The number of hydrazone groups is 1. The molecule has 0 fully saturated rings. The highest BCUT2D eigenvalue weighted by Gasteiger charge is 2.10. The van der Waals surface area contributed by atoms with Crippen LogP contribution in [0, 0.1) is 0 Å². The van der Waals surface area contributed by atoms with Crippen molar-refractivity contribution in [2.45, 2.75) is 13.3 Å². The van der Waals surface area contributed by atoms with Gasteiger partial charge in [-0.25, -0.2) is 5.43 Å². The number of hydrogen-bond acceptors (Lipinski definition) is 5. The van der Waals surface area contributed by atoms with Crippen LogP contribution in [0.5, 0.6) is 17.2 Å². The summed E-state index contributed by atoms with van der Waals surface area (Å²) in [5, 5.41) is 13.5. The lowest BCUT2D eigenvalue weighted by Gasteiger charge is -2.10. The number of benzene rings is 2. The molecule has 0 aliphatic rings. The summed E-state index contributed by atoms with van der Waals surface area (Å²) in [5.74, 6) is 0.988. The Bertz CT molecular complexity index is 739. The van der Waals surface area contributed by atoms with E-state index in [0.29, 0.717) is 29.2 Å². The first-order valence-corrected chi connectivity index (χ1v) is 7.47. The molecule has 0 spiro atoms. The highest BCUT2D eigenvalue weighted by atomic mass is 16.5. The van der Waals surface area contributed by atoms with Gasteiger partial charge in [0.2, 0.25) is 0 Å². The highest BCUT2D eigenvalue weighted by Crippen LogP contribution is 2.28. The van der Waals surface area contributed by atoms with Crippen molar-refractivity contribution in [3.05, 3.63) is 53.6 Å². The van der Waals surface area contributed by atoms with E-state index >= 15 is 0 Å².